The molecule has 0 spiro atoms. The zero-order valence-electron chi connectivity index (χ0n) is 20.2. The minimum absolute atomic E-state index is 0.330. The molecule has 1 N–H and O–H groups in total. The Labute approximate surface area is 219 Å². The summed E-state index contributed by atoms with van der Waals surface area (Å²) >= 11 is 0. The number of anilines is 3. The van der Waals surface area contributed by atoms with E-state index >= 15 is 0 Å². The van der Waals surface area contributed by atoms with Gasteiger partial charge in [0.05, 0.1) is 0 Å². The van der Waals surface area contributed by atoms with Crippen molar-refractivity contribution in [3.8, 4) is 11.1 Å². The minimum atomic E-state index is -1.24. The van der Waals surface area contributed by atoms with Crippen LogP contribution in [-0.2, 0) is 4.79 Å². The molecule has 5 aromatic carbocycles. The molecule has 6 heteroatoms. The normalized spacial score (nSPS) is 12.6. The van der Waals surface area contributed by atoms with Gasteiger partial charge in [0.15, 0.2) is 0 Å². The molecule has 0 saturated carbocycles. The molecule has 184 valence electrons. The van der Waals surface area contributed by atoms with Gasteiger partial charge >= 0.3 is 5.97 Å². The summed E-state index contributed by atoms with van der Waals surface area (Å²) < 4.78 is 0. The molecule has 38 heavy (non-hydrogen) atoms. The summed E-state index contributed by atoms with van der Waals surface area (Å²) in [6.45, 7) is -0.671. The lowest BCUT2D eigenvalue weighted by Crippen LogP contribution is -2.43. The number of hydrogen-bond donors (Lipinski definition) is 1. The number of imide groups is 1. The third-order valence-corrected chi connectivity index (χ3v) is 6.75. The topological polar surface area (TPSA) is 77.9 Å². The van der Waals surface area contributed by atoms with Crippen LogP contribution >= 0.6 is 0 Å². The van der Waals surface area contributed by atoms with Crippen molar-refractivity contribution < 1.29 is 19.5 Å². The second kappa shape index (κ2) is 9.33. The van der Waals surface area contributed by atoms with E-state index in [0.29, 0.717) is 16.5 Å². The van der Waals surface area contributed by atoms with Gasteiger partial charge in [-0.15, -0.1) is 0 Å². The molecular formula is C32H22N2O4. The summed E-state index contributed by atoms with van der Waals surface area (Å²) in [4.78, 5) is 40.3. The van der Waals surface area contributed by atoms with Crippen molar-refractivity contribution in [1.29, 1.82) is 0 Å². The molecular weight excluding hydrogens is 476 g/mol. The number of amides is 2. The Bertz CT molecular complexity index is 1640. The number of hydrogen-bond acceptors (Lipinski definition) is 4. The number of benzene rings is 5. The van der Waals surface area contributed by atoms with Crippen molar-refractivity contribution in [2.75, 3.05) is 11.4 Å². The fraction of sp³-hybridized carbons (Fsp3) is 0.0312. The number of carbonyl (C=O) groups is 3. The average molecular weight is 499 g/mol. The van der Waals surface area contributed by atoms with Crippen molar-refractivity contribution >= 4 is 45.6 Å². The highest BCUT2D eigenvalue weighted by Crippen LogP contribution is 2.39. The Kier molecular flexibility index (Phi) is 5.69. The number of rotatable bonds is 6. The maximum absolute atomic E-state index is 13.0. The van der Waals surface area contributed by atoms with Gasteiger partial charge in [0, 0.05) is 33.6 Å². The highest BCUT2D eigenvalue weighted by Gasteiger charge is 2.34. The van der Waals surface area contributed by atoms with Crippen LogP contribution in [0.1, 0.15) is 20.7 Å². The first-order valence-electron chi connectivity index (χ1n) is 12.2. The monoisotopic (exact) mass is 498 g/mol. The molecule has 0 atom stereocenters. The lowest BCUT2D eigenvalue weighted by atomic mass is 9.89. The minimum Gasteiger partial charge on any atom is -0.480 e. The van der Waals surface area contributed by atoms with Crippen LogP contribution in [0, 0.1) is 0 Å². The highest BCUT2D eigenvalue weighted by atomic mass is 16.4. The predicted molar refractivity (Wildman–Crippen MR) is 147 cm³/mol. The zero-order valence-corrected chi connectivity index (χ0v) is 20.2. The molecule has 5 aromatic rings. The molecule has 0 bridgehead atoms. The number of aliphatic carboxylic acids is 1. The molecule has 2 amide bonds. The Morgan fingerprint density at radius 3 is 1.71 bits per heavy atom. The Morgan fingerprint density at radius 2 is 1.13 bits per heavy atom. The summed E-state index contributed by atoms with van der Waals surface area (Å²) in [5.74, 6) is -2.42. The van der Waals surface area contributed by atoms with Crippen LogP contribution in [0.5, 0.6) is 0 Å². The van der Waals surface area contributed by atoms with Gasteiger partial charge in [0.1, 0.15) is 6.54 Å². The molecule has 0 fully saturated rings. The molecule has 0 aromatic heterocycles. The van der Waals surface area contributed by atoms with Gasteiger partial charge in [0.25, 0.3) is 11.8 Å². The maximum atomic E-state index is 13.0. The van der Waals surface area contributed by atoms with Gasteiger partial charge in [-0.1, -0.05) is 66.7 Å². The van der Waals surface area contributed by atoms with Crippen LogP contribution in [-0.4, -0.2) is 34.3 Å². The van der Waals surface area contributed by atoms with Crippen LogP contribution in [0.4, 0.5) is 17.1 Å². The zero-order chi connectivity index (χ0) is 26.2. The van der Waals surface area contributed by atoms with Crippen LogP contribution in [0.2, 0.25) is 0 Å². The van der Waals surface area contributed by atoms with Gasteiger partial charge in [-0.3, -0.25) is 19.3 Å². The number of carboxylic acid groups (broad SMARTS) is 1. The molecule has 6 nitrogen and oxygen atoms in total. The Hall–Kier alpha value is -5.23. The van der Waals surface area contributed by atoms with E-state index in [4.69, 9.17) is 0 Å². The number of nitrogens with zero attached hydrogens (tertiary/aromatic N) is 2. The maximum Gasteiger partial charge on any atom is 0.323 e. The lowest BCUT2D eigenvalue weighted by Gasteiger charge is -2.27. The first kappa shape index (κ1) is 23.2. The van der Waals surface area contributed by atoms with Crippen LogP contribution < -0.4 is 4.90 Å². The first-order valence-corrected chi connectivity index (χ1v) is 12.2. The van der Waals surface area contributed by atoms with Gasteiger partial charge in [-0.05, 0) is 65.0 Å². The molecule has 0 radical (unpaired) electrons. The molecule has 1 aliphatic rings. The highest BCUT2D eigenvalue weighted by molar-refractivity contribution is 6.27. The molecule has 0 saturated heterocycles. The fourth-order valence-electron chi connectivity index (χ4n) is 5.07. The van der Waals surface area contributed by atoms with Crippen molar-refractivity contribution in [3.05, 3.63) is 126 Å². The Balaban J connectivity index is 1.43. The smallest absolute Gasteiger partial charge is 0.323 e. The van der Waals surface area contributed by atoms with Gasteiger partial charge in [-0.2, -0.15) is 0 Å². The molecule has 1 aliphatic heterocycles. The van der Waals surface area contributed by atoms with Crippen molar-refractivity contribution in [3.63, 3.8) is 0 Å². The fourth-order valence-corrected chi connectivity index (χ4v) is 5.07. The van der Waals surface area contributed by atoms with Crippen LogP contribution in [0.15, 0.2) is 115 Å². The average Bonchev–Trinajstić information content (AvgIpc) is 2.95. The van der Waals surface area contributed by atoms with E-state index in [-0.39, 0.29) is 0 Å². The quantitative estimate of drug-likeness (QED) is 0.265. The van der Waals surface area contributed by atoms with E-state index in [1.165, 1.54) is 0 Å². The van der Waals surface area contributed by atoms with Gasteiger partial charge < -0.3 is 10.0 Å². The van der Waals surface area contributed by atoms with E-state index in [2.05, 4.69) is 41.3 Å². The van der Waals surface area contributed by atoms with E-state index in [0.717, 1.165) is 38.5 Å². The number of carbonyl (C=O) groups excluding carboxylic acids is 2. The van der Waals surface area contributed by atoms with Crippen molar-refractivity contribution in [2.45, 2.75) is 0 Å². The van der Waals surface area contributed by atoms with Crippen LogP contribution in [0.25, 0.3) is 21.9 Å². The predicted octanol–water partition coefficient (Wildman–Crippen LogP) is 6.66. The SMILES string of the molecule is O=C(O)CN1C(=O)c2cccc3c(-c4ccc(N(c5ccccc5)c5ccccc5)cc4)ccc(c23)C1=O. The molecule has 0 aliphatic carbocycles. The molecule has 6 rings (SSSR count). The molecule has 1 heterocycles. The standard InChI is InChI=1S/C32H22N2O4/c35-29(36)20-33-31(37)27-13-7-12-26-25(18-19-28(30(26)27)32(33)38)21-14-16-24(17-15-21)34(22-8-3-1-4-9-22)23-10-5-2-6-11-23/h1-19H,20H2,(H,35,36). The third-order valence-electron chi connectivity index (χ3n) is 6.75. The van der Waals surface area contributed by atoms with Crippen molar-refractivity contribution in [1.82, 2.24) is 4.90 Å². The first-order chi connectivity index (χ1) is 18.5. The van der Waals surface area contributed by atoms with E-state index in [9.17, 15) is 19.5 Å². The number of carboxylic acids is 1. The summed E-state index contributed by atoms with van der Waals surface area (Å²) in [5.41, 5.74) is 5.55. The van der Waals surface area contributed by atoms with Gasteiger partial charge in [-0.25, -0.2) is 0 Å². The number of para-hydroxylation sites is 2. The van der Waals surface area contributed by atoms with E-state index in [1.54, 1.807) is 18.2 Å². The summed E-state index contributed by atoms with van der Waals surface area (Å²) in [7, 11) is 0. The second-order valence-corrected chi connectivity index (χ2v) is 9.03. The lowest BCUT2D eigenvalue weighted by molar-refractivity contribution is -0.137. The summed E-state index contributed by atoms with van der Waals surface area (Å²) in [6, 6.07) is 37.3. The third kappa shape index (κ3) is 3.89. The second-order valence-electron chi connectivity index (χ2n) is 9.03. The summed E-state index contributed by atoms with van der Waals surface area (Å²) in [5, 5.41) is 10.5. The van der Waals surface area contributed by atoms with Crippen molar-refractivity contribution in [2.24, 2.45) is 0 Å². The van der Waals surface area contributed by atoms with Gasteiger partial charge in [0.2, 0.25) is 0 Å². The van der Waals surface area contributed by atoms with Crippen LogP contribution in [0.3, 0.4) is 0 Å². The Morgan fingerprint density at radius 1 is 0.605 bits per heavy atom. The van der Waals surface area contributed by atoms with E-state index < -0.39 is 24.3 Å². The van der Waals surface area contributed by atoms with E-state index in [1.807, 2.05) is 60.7 Å². The summed E-state index contributed by atoms with van der Waals surface area (Å²) in [6.07, 6.45) is 0. The largest absolute Gasteiger partial charge is 0.480 e. The molecule has 0 unspecified atom stereocenters.